The molecule has 0 N–H and O–H groups in total. The molecule has 0 radical (unpaired) electrons. The van der Waals surface area contributed by atoms with E-state index in [4.69, 9.17) is 8.37 Å². The highest BCUT2D eigenvalue weighted by molar-refractivity contribution is 7.82. The third kappa shape index (κ3) is 0.970. The Morgan fingerprint density at radius 3 is 2.93 bits per heavy atom. The molecule has 3 aliphatic heterocycles. The predicted octanol–water partition coefficient (Wildman–Crippen LogP) is 0.231. The Kier molecular flexibility index (Phi) is 1.62. The van der Waals surface area contributed by atoms with Gasteiger partial charge < -0.3 is 0 Å². The number of likely N-dealkylation sites (N-methyl/N-ethyl adjacent to an activating group) is 1. The molecule has 6 heteroatoms. The number of hydrogen-bond acceptors (Lipinski definition) is 5. The van der Waals surface area contributed by atoms with Crippen LogP contribution in [0.2, 0.25) is 0 Å². The van der Waals surface area contributed by atoms with Crippen LogP contribution >= 0.6 is 0 Å². The smallest absolute Gasteiger partial charge is 0.272 e. The lowest BCUT2D eigenvalue weighted by atomic mass is 9.97. The van der Waals surface area contributed by atoms with Crippen molar-refractivity contribution in [3.8, 4) is 0 Å². The number of hydrogen-bond donors (Lipinski definition) is 0. The number of fused-ring (bicyclic) bond motifs is 1. The quantitative estimate of drug-likeness (QED) is 0.584. The second-order valence-electron chi connectivity index (χ2n) is 4.30. The van der Waals surface area contributed by atoms with Gasteiger partial charge in [-0.2, -0.15) is 8.42 Å². The lowest BCUT2D eigenvalue weighted by Crippen LogP contribution is -2.55. The summed E-state index contributed by atoms with van der Waals surface area (Å²) >= 11 is 0. The molecule has 0 aromatic carbocycles. The van der Waals surface area contributed by atoms with E-state index in [9.17, 15) is 8.42 Å². The van der Waals surface area contributed by atoms with Crippen LogP contribution in [0.5, 0.6) is 0 Å². The highest BCUT2D eigenvalue weighted by Gasteiger charge is 2.62. The molecule has 3 heterocycles. The SMILES string of the molecule is CN1C2CCC3OS(=O)(=O)OC31CC2. The Morgan fingerprint density at radius 1 is 1.36 bits per heavy atom. The van der Waals surface area contributed by atoms with Crippen molar-refractivity contribution in [2.45, 2.75) is 43.6 Å². The Balaban J connectivity index is 2.06. The summed E-state index contributed by atoms with van der Waals surface area (Å²) in [5, 5.41) is 0. The largest absolute Gasteiger partial charge is 0.402 e. The summed E-state index contributed by atoms with van der Waals surface area (Å²) in [5.41, 5.74) is -0.679. The maximum absolute atomic E-state index is 11.3. The monoisotopic (exact) mass is 219 g/mol. The fourth-order valence-electron chi connectivity index (χ4n) is 2.96. The zero-order valence-electron chi connectivity index (χ0n) is 7.97. The van der Waals surface area contributed by atoms with E-state index in [0.29, 0.717) is 6.04 Å². The first-order valence-electron chi connectivity index (χ1n) is 4.90. The molecular formula is C8H13NO4S. The van der Waals surface area contributed by atoms with Gasteiger partial charge in [0.05, 0.1) is 0 Å². The average Bonchev–Trinajstić information content (AvgIpc) is 2.46. The van der Waals surface area contributed by atoms with E-state index in [-0.39, 0.29) is 6.10 Å². The minimum absolute atomic E-state index is 0.295. The number of rotatable bonds is 0. The Hall–Kier alpha value is -0.170. The molecule has 3 fully saturated rings. The van der Waals surface area contributed by atoms with Gasteiger partial charge >= 0.3 is 10.4 Å². The predicted molar refractivity (Wildman–Crippen MR) is 47.6 cm³/mol. The second kappa shape index (κ2) is 2.49. The van der Waals surface area contributed by atoms with Gasteiger partial charge in [-0.25, -0.2) is 8.37 Å². The van der Waals surface area contributed by atoms with Gasteiger partial charge in [0, 0.05) is 6.04 Å². The van der Waals surface area contributed by atoms with E-state index >= 15 is 0 Å². The van der Waals surface area contributed by atoms with Crippen LogP contribution in [-0.2, 0) is 18.8 Å². The molecule has 2 bridgehead atoms. The molecule has 0 amide bonds. The van der Waals surface area contributed by atoms with Gasteiger partial charge in [-0.3, -0.25) is 4.90 Å². The fraction of sp³-hybridized carbons (Fsp3) is 1.00. The van der Waals surface area contributed by atoms with Crippen LogP contribution in [0.1, 0.15) is 25.7 Å². The highest BCUT2D eigenvalue weighted by Crippen LogP contribution is 2.49. The summed E-state index contributed by atoms with van der Waals surface area (Å²) < 4.78 is 32.6. The zero-order chi connectivity index (χ0) is 9.97. The maximum Gasteiger partial charge on any atom is 0.402 e. The third-order valence-electron chi connectivity index (χ3n) is 3.73. The van der Waals surface area contributed by atoms with Crippen molar-refractivity contribution in [2.75, 3.05) is 7.05 Å². The topological polar surface area (TPSA) is 55.8 Å². The van der Waals surface area contributed by atoms with Crippen LogP contribution in [0.4, 0.5) is 0 Å². The summed E-state index contributed by atoms with van der Waals surface area (Å²) in [6, 6.07) is 0.461. The van der Waals surface area contributed by atoms with Crippen LogP contribution in [0, 0.1) is 0 Å². The van der Waals surface area contributed by atoms with Crippen molar-refractivity contribution in [1.82, 2.24) is 4.90 Å². The van der Waals surface area contributed by atoms with E-state index in [1.54, 1.807) is 0 Å². The highest BCUT2D eigenvalue weighted by atomic mass is 32.3. The minimum Gasteiger partial charge on any atom is -0.272 e. The normalized spacial score (nSPS) is 50.6. The van der Waals surface area contributed by atoms with Crippen LogP contribution in [-0.4, -0.2) is 38.2 Å². The van der Waals surface area contributed by atoms with E-state index < -0.39 is 16.1 Å². The summed E-state index contributed by atoms with van der Waals surface area (Å²) in [6.45, 7) is 0. The standard InChI is InChI=1S/C8H13NO4S/c1-9-6-2-3-7-8(9,5-4-6)13-14(10,11)12-7/h6-7H,2-5H2,1H3. The third-order valence-corrected chi connectivity index (χ3v) is 4.69. The van der Waals surface area contributed by atoms with Crippen LogP contribution in [0.15, 0.2) is 0 Å². The molecule has 3 rings (SSSR count). The molecule has 80 valence electrons. The Morgan fingerprint density at radius 2 is 2.14 bits per heavy atom. The molecule has 1 spiro atoms. The van der Waals surface area contributed by atoms with E-state index in [0.717, 1.165) is 25.7 Å². The minimum atomic E-state index is -3.75. The molecule has 0 aromatic rings. The molecule has 0 aliphatic carbocycles. The van der Waals surface area contributed by atoms with E-state index in [1.165, 1.54) is 0 Å². The van der Waals surface area contributed by atoms with Gasteiger partial charge in [0.25, 0.3) is 0 Å². The lowest BCUT2D eigenvalue weighted by molar-refractivity contribution is -0.102. The first-order valence-corrected chi connectivity index (χ1v) is 6.24. The molecule has 5 nitrogen and oxygen atoms in total. The molecule has 3 aliphatic rings. The molecule has 3 unspecified atom stereocenters. The molecule has 0 aromatic heterocycles. The molecule has 14 heavy (non-hydrogen) atoms. The van der Waals surface area contributed by atoms with Gasteiger partial charge in [-0.1, -0.05) is 0 Å². The summed E-state index contributed by atoms with van der Waals surface area (Å²) in [7, 11) is -1.82. The first kappa shape index (κ1) is 9.08. The van der Waals surface area contributed by atoms with Crippen LogP contribution in [0.25, 0.3) is 0 Å². The van der Waals surface area contributed by atoms with Crippen molar-refractivity contribution in [2.24, 2.45) is 0 Å². The molecule has 3 atom stereocenters. The molecular weight excluding hydrogens is 206 g/mol. The van der Waals surface area contributed by atoms with Crippen molar-refractivity contribution in [3.05, 3.63) is 0 Å². The van der Waals surface area contributed by atoms with Gasteiger partial charge in [-0.15, -0.1) is 0 Å². The molecule has 0 saturated carbocycles. The van der Waals surface area contributed by atoms with E-state index in [2.05, 4.69) is 0 Å². The van der Waals surface area contributed by atoms with Crippen molar-refractivity contribution in [1.29, 1.82) is 0 Å². The second-order valence-corrected chi connectivity index (χ2v) is 5.48. The van der Waals surface area contributed by atoms with Gasteiger partial charge in [0.2, 0.25) is 0 Å². The molecule has 3 saturated heterocycles. The van der Waals surface area contributed by atoms with Crippen LogP contribution in [0.3, 0.4) is 0 Å². The zero-order valence-corrected chi connectivity index (χ0v) is 8.79. The van der Waals surface area contributed by atoms with Crippen molar-refractivity contribution >= 4 is 10.4 Å². The summed E-state index contributed by atoms with van der Waals surface area (Å²) in [5.74, 6) is 0. The van der Waals surface area contributed by atoms with Gasteiger partial charge in [-0.05, 0) is 32.7 Å². The maximum atomic E-state index is 11.3. The summed E-state index contributed by atoms with van der Waals surface area (Å²) in [4.78, 5) is 2.03. The summed E-state index contributed by atoms with van der Waals surface area (Å²) in [6.07, 6.45) is 3.26. The fourth-order valence-corrected chi connectivity index (χ4v) is 4.20. The first-order chi connectivity index (χ1) is 6.54. The van der Waals surface area contributed by atoms with Crippen molar-refractivity contribution < 1.29 is 16.8 Å². The average molecular weight is 219 g/mol. The lowest BCUT2D eigenvalue weighted by Gasteiger charge is -2.39. The van der Waals surface area contributed by atoms with Gasteiger partial charge in [0.1, 0.15) is 6.10 Å². The number of nitrogens with zero attached hydrogens (tertiary/aromatic N) is 1. The number of piperidine rings is 1. The Bertz CT molecular complexity index is 366. The van der Waals surface area contributed by atoms with Crippen molar-refractivity contribution in [3.63, 3.8) is 0 Å². The van der Waals surface area contributed by atoms with Crippen LogP contribution < -0.4 is 0 Å². The van der Waals surface area contributed by atoms with E-state index in [1.807, 2.05) is 11.9 Å². The van der Waals surface area contributed by atoms with Gasteiger partial charge in [0.15, 0.2) is 5.72 Å². The Labute approximate surface area is 83.3 Å².